The minimum atomic E-state index is -0.367. The summed E-state index contributed by atoms with van der Waals surface area (Å²) >= 11 is 0. The van der Waals surface area contributed by atoms with E-state index in [0.717, 1.165) is 0 Å². The Balaban J connectivity index is 2.23. The van der Waals surface area contributed by atoms with Gasteiger partial charge >= 0.3 is 0 Å². The molecule has 0 radical (unpaired) electrons. The highest BCUT2D eigenvalue weighted by molar-refractivity contribution is 6.05. The molecule has 1 amide bonds. The van der Waals surface area contributed by atoms with Gasteiger partial charge in [0.2, 0.25) is 0 Å². The first-order valence-corrected chi connectivity index (χ1v) is 5.30. The average Bonchev–Trinajstić information content (AvgIpc) is 2.41. The van der Waals surface area contributed by atoms with Gasteiger partial charge in [0.25, 0.3) is 5.91 Å². The zero-order chi connectivity index (χ0) is 13.0. The number of aromatic hydroxyl groups is 1. The molecular formula is C14H10N2O2. The molecule has 0 bridgehead atoms. The van der Waals surface area contributed by atoms with Crippen molar-refractivity contribution >= 4 is 11.6 Å². The summed E-state index contributed by atoms with van der Waals surface area (Å²) in [6, 6.07) is 14.8. The second-order valence-corrected chi connectivity index (χ2v) is 3.66. The highest BCUT2D eigenvalue weighted by Gasteiger charge is 2.08. The molecule has 4 heteroatoms. The Morgan fingerprint density at radius 1 is 1.17 bits per heavy atom. The van der Waals surface area contributed by atoms with Crippen molar-refractivity contribution in [1.29, 1.82) is 5.26 Å². The lowest BCUT2D eigenvalue weighted by Gasteiger charge is -2.06. The maximum absolute atomic E-state index is 11.9. The van der Waals surface area contributed by atoms with Crippen LogP contribution in [0.1, 0.15) is 15.9 Å². The number of nitrogens with zero attached hydrogens (tertiary/aromatic N) is 1. The summed E-state index contributed by atoms with van der Waals surface area (Å²) in [4.78, 5) is 11.9. The molecule has 0 saturated heterocycles. The number of nitrogens with one attached hydrogen (secondary N) is 1. The maximum atomic E-state index is 11.9. The first-order valence-electron chi connectivity index (χ1n) is 5.30. The lowest BCUT2D eigenvalue weighted by Crippen LogP contribution is -2.11. The van der Waals surface area contributed by atoms with Gasteiger partial charge in [0, 0.05) is 5.56 Å². The summed E-state index contributed by atoms with van der Waals surface area (Å²) in [7, 11) is 0. The van der Waals surface area contributed by atoms with Crippen molar-refractivity contribution in [2.75, 3.05) is 5.32 Å². The number of phenols is 1. The Hall–Kier alpha value is -2.80. The molecule has 0 aliphatic heterocycles. The van der Waals surface area contributed by atoms with E-state index in [9.17, 15) is 9.90 Å². The molecule has 0 saturated carbocycles. The first kappa shape index (κ1) is 11.7. The lowest BCUT2D eigenvalue weighted by atomic mass is 10.1. The molecule has 0 fully saturated rings. The van der Waals surface area contributed by atoms with E-state index < -0.39 is 0 Å². The molecule has 0 spiro atoms. The molecule has 88 valence electrons. The molecule has 4 nitrogen and oxygen atoms in total. The minimum Gasteiger partial charge on any atom is -0.506 e. The Labute approximate surface area is 104 Å². The number of rotatable bonds is 2. The molecule has 0 aliphatic rings. The second-order valence-electron chi connectivity index (χ2n) is 3.66. The van der Waals surface area contributed by atoms with Crippen molar-refractivity contribution in [1.82, 2.24) is 0 Å². The fourth-order valence-corrected chi connectivity index (χ4v) is 1.50. The molecule has 0 aromatic heterocycles. The van der Waals surface area contributed by atoms with Gasteiger partial charge in [-0.2, -0.15) is 5.26 Å². The van der Waals surface area contributed by atoms with Crippen LogP contribution in [0.25, 0.3) is 0 Å². The van der Waals surface area contributed by atoms with Gasteiger partial charge < -0.3 is 10.4 Å². The number of hydrogen-bond donors (Lipinski definition) is 2. The van der Waals surface area contributed by atoms with E-state index in [-0.39, 0.29) is 11.7 Å². The van der Waals surface area contributed by atoms with Crippen molar-refractivity contribution in [2.24, 2.45) is 0 Å². The quantitative estimate of drug-likeness (QED) is 0.789. The third kappa shape index (κ3) is 2.47. The van der Waals surface area contributed by atoms with Gasteiger partial charge in [-0.3, -0.25) is 4.79 Å². The Kier molecular flexibility index (Phi) is 3.26. The van der Waals surface area contributed by atoms with Crippen molar-refractivity contribution < 1.29 is 9.90 Å². The van der Waals surface area contributed by atoms with Gasteiger partial charge in [-0.25, -0.2) is 0 Å². The van der Waals surface area contributed by atoms with E-state index in [4.69, 9.17) is 5.26 Å². The van der Waals surface area contributed by atoms with Gasteiger partial charge in [-0.1, -0.05) is 18.2 Å². The molecule has 0 atom stereocenters. The molecule has 18 heavy (non-hydrogen) atoms. The first-order chi connectivity index (χ1) is 8.70. The fraction of sp³-hybridized carbons (Fsp3) is 0. The van der Waals surface area contributed by atoms with Gasteiger partial charge in [0.15, 0.2) is 0 Å². The lowest BCUT2D eigenvalue weighted by molar-refractivity contribution is 0.102. The Morgan fingerprint density at radius 3 is 2.67 bits per heavy atom. The Bertz CT molecular complexity index is 630. The van der Waals surface area contributed by atoms with Crippen molar-refractivity contribution in [3.8, 4) is 11.8 Å². The van der Waals surface area contributed by atoms with E-state index in [0.29, 0.717) is 16.8 Å². The van der Waals surface area contributed by atoms with E-state index in [1.165, 1.54) is 12.1 Å². The number of carbonyl (C=O) groups is 1. The largest absolute Gasteiger partial charge is 0.506 e. The molecule has 0 heterocycles. The Morgan fingerprint density at radius 2 is 1.94 bits per heavy atom. The normalized spacial score (nSPS) is 9.50. The van der Waals surface area contributed by atoms with Crippen LogP contribution in [0.4, 0.5) is 5.69 Å². The zero-order valence-electron chi connectivity index (χ0n) is 9.42. The predicted molar refractivity (Wildman–Crippen MR) is 67.2 cm³/mol. The predicted octanol–water partition coefficient (Wildman–Crippen LogP) is 2.52. The number of nitriles is 1. The summed E-state index contributed by atoms with van der Waals surface area (Å²) in [5, 5.41) is 20.9. The number of benzene rings is 2. The van der Waals surface area contributed by atoms with Crippen molar-refractivity contribution in [3.05, 3.63) is 59.7 Å². The third-order valence-corrected chi connectivity index (χ3v) is 2.41. The highest BCUT2D eigenvalue weighted by Crippen LogP contribution is 2.22. The topological polar surface area (TPSA) is 73.1 Å². The van der Waals surface area contributed by atoms with Crippen LogP contribution in [0.15, 0.2) is 48.5 Å². The van der Waals surface area contributed by atoms with E-state index in [1.807, 2.05) is 6.07 Å². The molecule has 2 aromatic rings. The van der Waals surface area contributed by atoms with E-state index in [2.05, 4.69) is 5.32 Å². The number of phenolic OH excluding ortho intramolecular Hbond substituents is 1. The second kappa shape index (κ2) is 5.02. The molecular weight excluding hydrogens is 228 g/mol. The number of carbonyl (C=O) groups excluding carboxylic acids is 1. The summed E-state index contributed by atoms with van der Waals surface area (Å²) in [5.74, 6) is -0.365. The molecule has 2 rings (SSSR count). The summed E-state index contributed by atoms with van der Waals surface area (Å²) in [6.07, 6.45) is 0. The monoisotopic (exact) mass is 238 g/mol. The molecule has 0 aliphatic carbocycles. The van der Waals surface area contributed by atoms with Crippen LogP contribution < -0.4 is 5.32 Å². The summed E-state index contributed by atoms with van der Waals surface area (Å²) in [5.41, 5.74) is 1.13. The van der Waals surface area contributed by atoms with Gasteiger partial charge in [0.05, 0.1) is 17.3 Å². The van der Waals surface area contributed by atoms with Crippen LogP contribution in [-0.2, 0) is 0 Å². The fourth-order valence-electron chi connectivity index (χ4n) is 1.50. The standard InChI is InChI=1S/C14H10N2O2/c15-9-10-4-3-5-11(8-10)14(18)16-12-6-1-2-7-13(12)17/h1-8,17H,(H,16,18). The minimum absolute atomic E-state index is 0.00212. The van der Waals surface area contributed by atoms with Crippen molar-refractivity contribution in [2.45, 2.75) is 0 Å². The number of amides is 1. The van der Waals surface area contributed by atoms with Crippen LogP contribution in [0, 0.1) is 11.3 Å². The van der Waals surface area contributed by atoms with Crippen LogP contribution in [-0.4, -0.2) is 11.0 Å². The number of hydrogen-bond acceptors (Lipinski definition) is 3. The van der Waals surface area contributed by atoms with Crippen LogP contribution in [0.2, 0.25) is 0 Å². The van der Waals surface area contributed by atoms with Gasteiger partial charge in [0.1, 0.15) is 5.75 Å². The smallest absolute Gasteiger partial charge is 0.255 e. The van der Waals surface area contributed by atoms with Crippen molar-refractivity contribution in [3.63, 3.8) is 0 Å². The summed E-state index contributed by atoms with van der Waals surface area (Å²) < 4.78 is 0. The van der Waals surface area contributed by atoms with Gasteiger partial charge in [-0.15, -0.1) is 0 Å². The van der Waals surface area contributed by atoms with E-state index in [1.54, 1.807) is 36.4 Å². The maximum Gasteiger partial charge on any atom is 0.255 e. The zero-order valence-corrected chi connectivity index (χ0v) is 9.42. The van der Waals surface area contributed by atoms with Gasteiger partial charge in [-0.05, 0) is 30.3 Å². The van der Waals surface area contributed by atoms with E-state index >= 15 is 0 Å². The average molecular weight is 238 g/mol. The number of anilines is 1. The number of para-hydroxylation sites is 2. The summed E-state index contributed by atoms with van der Waals surface area (Å²) in [6.45, 7) is 0. The van der Waals surface area contributed by atoms with Crippen LogP contribution in [0.5, 0.6) is 5.75 Å². The third-order valence-electron chi connectivity index (χ3n) is 2.41. The highest BCUT2D eigenvalue weighted by atomic mass is 16.3. The molecule has 2 N–H and O–H groups in total. The molecule has 2 aromatic carbocycles. The SMILES string of the molecule is N#Cc1cccc(C(=O)Nc2ccccc2O)c1. The van der Waals surface area contributed by atoms with Crippen LogP contribution in [0.3, 0.4) is 0 Å². The van der Waals surface area contributed by atoms with Crippen LogP contribution >= 0.6 is 0 Å². The molecule has 0 unspecified atom stereocenters.